The molecule has 4 nitrogen and oxygen atoms in total. The smallest absolute Gasteiger partial charge is 0.0764 e. The van der Waals surface area contributed by atoms with Crippen LogP contribution in [0.1, 0.15) is 12.6 Å². The molecule has 2 aromatic heterocycles. The Hall–Kier alpha value is -2.36. The second-order valence-corrected chi connectivity index (χ2v) is 4.57. The number of nitrogen functional groups attached to an aromatic ring is 1. The second kappa shape index (κ2) is 4.39. The van der Waals surface area contributed by atoms with E-state index in [1.165, 1.54) is 0 Å². The SMILES string of the molecule is CCn1ncc(-c2cc(N)c3ccccc3n2)c1C. The summed E-state index contributed by atoms with van der Waals surface area (Å²) < 4.78 is 1.96. The van der Waals surface area contributed by atoms with E-state index in [9.17, 15) is 0 Å². The molecule has 0 aliphatic rings. The Morgan fingerprint density at radius 2 is 2.05 bits per heavy atom. The lowest BCUT2D eigenvalue weighted by molar-refractivity contribution is 0.640. The van der Waals surface area contributed by atoms with Crippen molar-refractivity contribution in [1.82, 2.24) is 14.8 Å². The predicted molar refractivity (Wildman–Crippen MR) is 77.8 cm³/mol. The molecule has 96 valence electrons. The lowest BCUT2D eigenvalue weighted by Gasteiger charge is -2.06. The average Bonchev–Trinajstić information content (AvgIpc) is 2.80. The first-order valence-corrected chi connectivity index (χ1v) is 6.38. The molecule has 19 heavy (non-hydrogen) atoms. The van der Waals surface area contributed by atoms with E-state index in [1.54, 1.807) is 0 Å². The van der Waals surface area contributed by atoms with Crippen molar-refractivity contribution in [2.24, 2.45) is 0 Å². The Morgan fingerprint density at radius 1 is 1.26 bits per heavy atom. The molecule has 0 amide bonds. The molecule has 4 heteroatoms. The highest BCUT2D eigenvalue weighted by Crippen LogP contribution is 2.27. The van der Waals surface area contributed by atoms with E-state index in [-0.39, 0.29) is 0 Å². The monoisotopic (exact) mass is 252 g/mol. The fraction of sp³-hybridized carbons (Fsp3) is 0.200. The summed E-state index contributed by atoms with van der Waals surface area (Å²) in [6.45, 7) is 4.99. The molecule has 0 saturated carbocycles. The minimum absolute atomic E-state index is 0.754. The quantitative estimate of drug-likeness (QED) is 0.762. The highest BCUT2D eigenvalue weighted by molar-refractivity contribution is 5.92. The molecule has 0 spiro atoms. The molecule has 0 atom stereocenters. The first-order valence-electron chi connectivity index (χ1n) is 6.38. The normalized spacial score (nSPS) is 11.1. The van der Waals surface area contributed by atoms with Gasteiger partial charge >= 0.3 is 0 Å². The number of hydrogen-bond donors (Lipinski definition) is 1. The number of aryl methyl sites for hydroxylation is 1. The maximum atomic E-state index is 6.12. The molecule has 3 aromatic rings. The largest absolute Gasteiger partial charge is 0.398 e. The molecule has 2 N–H and O–H groups in total. The number of nitrogens with two attached hydrogens (primary N) is 1. The maximum absolute atomic E-state index is 6.12. The van der Waals surface area contributed by atoms with Crippen LogP contribution in [-0.4, -0.2) is 14.8 Å². The third-order valence-electron chi connectivity index (χ3n) is 3.43. The number of anilines is 1. The Morgan fingerprint density at radius 3 is 2.79 bits per heavy atom. The summed E-state index contributed by atoms with van der Waals surface area (Å²) in [4.78, 5) is 4.68. The first kappa shape index (κ1) is 11.7. The van der Waals surface area contributed by atoms with E-state index in [0.29, 0.717) is 0 Å². The minimum Gasteiger partial charge on any atom is -0.398 e. The van der Waals surface area contributed by atoms with Crippen molar-refractivity contribution in [2.45, 2.75) is 20.4 Å². The van der Waals surface area contributed by atoms with E-state index in [0.717, 1.165) is 40.1 Å². The number of hydrogen-bond acceptors (Lipinski definition) is 3. The molecule has 3 rings (SSSR count). The van der Waals surface area contributed by atoms with Crippen LogP contribution >= 0.6 is 0 Å². The average molecular weight is 252 g/mol. The number of para-hydroxylation sites is 1. The third kappa shape index (κ3) is 1.85. The number of benzene rings is 1. The van der Waals surface area contributed by atoms with Crippen LogP contribution < -0.4 is 5.73 Å². The number of pyridine rings is 1. The fourth-order valence-corrected chi connectivity index (χ4v) is 2.36. The van der Waals surface area contributed by atoms with Crippen LogP contribution in [-0.2, 0) is 6.54 Å². The van der Waals surface area contributed by atoms with Gasteiger partial charge in [-0.05, 0) is 26.0 Å². The molecular weight excluding hydrogens is 236 g/mol. The zero-order valence-corrected chi connectivity index (χ0v) is 11.1. The summed E-state index contributed by atoms with van der Waals surface area (Å²) in [6, 6.07) is 9.84. The summed E-state index contributed by atoms with van der Waals surface area (Å²) >= 11 is 0. The van der Waals surface area contributed by atoms with Crippen LogP contribution in [0.25, 0.3) is 22.2 Å². The van der Waals surface area contributed by atoms with E-state index in [2.05, 4.69) is 23.9 Å². The van der Waals surface area contributed by atoms with Gasteiger partial charge in [-0.2, -0.15) is 5.10 Å². The van der Waals surface area contributed by atoms with Gasteiger partial charge in [0.1, 0.15) is 0 Å². The highest BCUT2D eigenvalue weighted by Gasteiger charge is 2.11. The van der Waals surface area contributed by atoms with Gasteiger partial charge in [-0.15, -0.1) is 0 Å². The lowest BCUT2D eigenvalue weighted by atomic mass is 10.1. The zero-order valence-electron chi connectivity index (χ0n) is 11.1. The summed E-state index contributed by atoms with van der Waals surface area (Å²) in [5.41, 5.74) is 10.8. The van der Waals surface area contributed by atoms with Crippen LogP contribution in [0.3, 0.4) is 0 Å². The van der Waals surface area contributed by atoms with Crippen LogP contribution in [0.2, 0.25) is 0 Å². The molecule has 0 aliphatic carbocycles. The van der Waals surface area contributed by atoms with Crippen molar-refractivity contribution in [2.75, 3.05) is 5.73 Å². The lowest BCUT2D eigenvalue weighted by Crippen LogP contribution is -1.99. The van der Waals surface area contributed by atoms with Crippen LogP contribution in [0.4, 0.5) is 5.69 Å². The topological polar surface area (TPSA) is 56.7 Å². The predicted octanol–water partition coefficient (Wildman–Crippen LogP) is 3.01. The van der Waals surface area contributed by atoms with Crippen LogP contribution in [0, 0.1) is 6.92 Å². The maximum Gasteiger partial charge on any atom is 0.0764 e. The minimum atomic E-state index is 0.754. The van der Waals surface area contributed by atoms with E-state index in [4.69, 9.17) is 5.73 Å². The van der Waals surface area contributed by atoms with Crippen LogP contribution in [0.5, 0.6) is 0 Å². The molecule has 1 aromatic carbocycles. The van der Waals surface area contributed by atoms with Crippen molar-refractivity contribution in [3.8, 4) is 11.3 Å². The van der Waals surface area contributed by atoms with Gasteiger partial charge in [0.25, 0.3) is 0 Å². The summed E-state index contributed by atoms with van der Waals surface area (Å²) in [5.74, 6) is 0. The Labute approximate surface area is 111 Å². The molecule has 0 fully saturated rings. The van der Waals surface area contributed by atoms with Gasteiger partial charge in [0, 0.05) is 28.9 Å². The molecule has 0 unspecified atom stereocenters. The molecule has 0 saturated heterocycles. The third-order valence-corrected chi connectivity index (χ3v) is 3.43. The fourth-order valence-electron chi connectivity index (χ4n) is 2.36. The molecule has 0 radical (unpaired) electrons. The van der Waals surface area contributed by atoms with E-state index in [1.807, 2.05) is 41.2 Å². The Balaban J connectivity index is 2.22. The van der Waals surface area contributed by atoms with Gasteiger partial charge in [-0.1, -0.05) is 18.2 Å². The van der Waals surface area contributed by atoms with Gasteiger partial charge in [0.2, 0.25) is 0 Å². The van der Waals surface area contributed by atoms with Gasteiger partial charge in [-0.3, -0.25) is 4.68 Å². The van der Waals surface area contributed by atoms with Gasteiger partial charge in [0.05, 0.1) is 17.4 Å². The Kier molecular flexibility index (Phi) is 2.71. The summed E-state index contributed by atoms with van der Waals surface area (Å²) in [6.07, 6.45) is 1.86. The Bertz CT molecular complexity index is 743. The molecule has 0 aliphatic heterocycles. The van der Waals surface area contributed by atoms with Crippen molar-refractivity contribution in [3.05, 3.63) is 42.2 Å². The number of nitrogens with zero attached hydrogens (tertiary/aromatic N) is 3. The van der Waals surface area contributed by atoms with Gasteiger partial charge in [0.15, 0.2) is 0 Å². The van der Waals surface area contributed by atoms with Crippen molar-refractivity contribution < 1.29 is 0 Å². The zero-order chi connectivity index (χ0) is 13.4. The standard InChI is InChI=1S/C15H16N4/c1-3-19-10(2)12(9-17-19)15-8-13(16)11-6-4-5-7-14(11)18-15/h4-9H,3H2,1-2H3,(H2,16,18). The highest BCUT2D eigenvalue weighted by atomic mass is 15.3. The summed E-state index contributed by atoms with van der Waals surface area (Å²) in [5, 5.41) is 5.35. The van der Waals surface area contributed by atoms with Crippen molar-refractivity contribution in [3.63, 3.8) is 0 Å². The van der Waals surface area contributed by atoms with Gasteiger partial charge < -0.3 is 5.73 Å². The van der Waals surface area contributed by atoms with E-state index < -0.39 is 0 Å². The number of fused-ring (bicyclic) bond motifs is 1. The number of aromatic nitrogens is 3. The second-order valence-electron chi connectivity index (χ2n) is 4.57. The first-order chi connectivity index (χ1) is 9.20. The van der Waals surface area contributed by atoms with Gasteiger partial charge in [-0.25, -0.2) is 4.98 Å². The van der Waals surface area contributed by atoms with E-state index >= 15 is 0 Å². The summed E-state index contributed by atoms with van der Waals surface area (Å²) in [7, 11) is 0. The molecule has 0 bridgehead atoms. The van der Waals surface area contributed by atoms with Crippen LogP contribution in [0.15, 0.2) is 36.5 Å². The van der Waals surface area contributed by atoms with Crippen molar-refractivity contribution in [1.29, 1.82) is 0 Å². The number of rotatable bonds is 2. The molecule has 2 heterocycles. The van der Waals surface area contributed by atoms with Crippen molar-refractivity contribution >= 4 is 16.6 Å². The molecular formula is C15H16N4.